The van der Waals surface area contributed by atoms with Crippen molar-refractivity contribution in [2.75, 3.05) is 11.9 Å². The molecule has 2 N–H and O–H groups in total. The molecule has 1 heterocycles. The Morgan fingerprint density at radius 1 is 1.14 bits per heavy atom. The van der Waals surface area contributed by atoms with Gasteiger partial charge < -0.3 is 15.0 Å². The van der Waals surface area contributed by atoms with Crippen LogP contribution in [0.3, 0.4) is 0 Å². The van der Waals surface area contributed by atoms with Gasteiger partial charge in [0.1, 0.15) is 0 Å². The number of rotatable bonds is 11. The number of hydrogen-bond acceptors (Lipinski definition) is 3. The number of benzene rings is 1. The van der Waals surface area contributed by atoms with Gasteiger partial charge in [-0.05, 0) is 31.5 Å². The van der Waals surface area contributed by atoms with Crippen molar-refractivity contribution in [3.8, 4) is 0 Å². The number of anilines is 1. The number of nitrogens with one attached hydrogen (secondary N) is 2. The Labute approximate surface area is 166 Å². The van der Waals surface area contributed by atoms with Gasteiger partial charge in [-0.25, -0.2) is 0 Å². The minimum absolute atomic E-state index is 0.0146. The molecule has 152 valence electrons. The molecule has 0 atom stereocenters. The van der Waals surface area contributed by atoms with Crippen LogP contribution in [0.15, 0.2) is 23.0 Å². The quantitative estimate of drug-likeness (QED) is 0.579. The average molecular weight is 385 g/mol. The van der Waals surface area contributed by atoms with E-state index in [1.165, 1.54) is 38.4 Å². The first-order valence-electron chi connectivity index (χ1n) is 10.3. The Morgan fingerprint density at radius 3 is 2.57 bits per heavy atom. The summed E-state index contributed by atoms with van der Waals surface area (Å²) in [5.74, 6) is -0.0146. The van der Waals surface area contributed by atoms with Gasteiger partial charge in [-0.15, -0.1) is 0 Å². The van der Waals surface area contributed by atoms with Gasteiger partial charge in [0.05, 0.1) is 18.1 Å². The van der Waals surface area contributed by atoms with Gasteiger partial charge >= 0.3 is 0 Å². The van der Waals surface area contributed by atoms with Crippen molar-refractivity contribution in [3.63, 3.8) is 0 Å². The molecule has 0 aliphatic carbocycles. The molecule has 2 aromatic rings. The third kappa shape index (κ3) is 6.25. The lowest BCUT2D eigenvalue weighted by Gasteiger charge is -2.07. The summed E-state index contributed by atoms with van der Waals surface area (Å²) in [4.78, 5) is 28.0. The maximum atomic E-state index is 12.7. The van der Waals surface area contributed by atoms with Crippen molar-refractivity contribution < 1.29 is 9.53 Å². The predicted molar refractivity (Wildman–Crippen MR) is 117 cm³/mol. The SMILES string of the molecule is C=c1[nH]c2ccc(NC(=O)CCCCCCCCC)cc2c(=O)c1=COCC. The molecule has 1 aromatic heterocycles. The van der Waals surface area contributed by atoms with E-state index in [2.05, 4.69) is 23.8 Å². The van der Waals surface area contributed by atoms with Crippen LogP contribution in [-0.4, -0.2) is 17.5 Å². The normalized spacial score (nSPS) is 11.7. The van der Waals surface area contributed by atoms with Crippen molar-refractivity contribution in [3.05, 3.63) is 39.0 Å². The summed E-state index contributed by atoms with van der Waals surface area (Å²) in [7, 11) is 0. The van der Waals surface area contributed by atoms with E-state index in [0.717, 1.165) is 12.8 Å². The highest BCUT2D eigenvalue weighted by Crippen LogP contribution is 2.14. The fourth-order valence-electron chi connectivity index (χ4n) is 3.19. The first-order chi connectivity index (χ1) is 13.6. The minimum atomic E-state index is -0.157. The van der Waals surface area contributed by atoms with Gasteiger partial charge in [-0.2, -0.15) is 0 Å². The molecule has 0 aliphatic heterocycles. The zero-order chi connectivity index (χ0) is 20.4. The van der Waals surface area contributed by atoms with Gasteiger partial charge in [-0.1, -0.05) is 52.0 Å². The van der Waals surface area contributed by atoms with Crippen LogP contribution < -0.4 is 21.3 Å². The Morgan fingerprint density at radius 2 is 1.86 bits per heavy atom. The number of carbonyl (C=O) groups excluding carboxylic acids is 1. The molecule has 0 saturated carbocycles. The summed E-state index contributed by atoms with van der Waals surface area (Å²) in [5.41, 5.74) is 1.16. The molecule has 28 heavy (non-hydrogen) atoms. The molecule has 1 amide bonds. The van der Waals surface area contributed by atoms with Crippen LogP contribution in [-0.2, 0) is 9.53 Å². The Hall–Kier alpha value is -2.56. The number of pyridine rings is 1. The molecule has 5 heteroatoms. The first kappa shape index (κ1) is 21.7. The third-order valence-electron chi connectivity index (χ3n) is 4.78. The molecule has 0 aliphatic rings. The van der Waals surface area contributed by atoms with Crippen molar-refractivity contribution >= 4 is 35.3 Å². The van der Waals surface area contributed by atoms with Crippen LogP contribution in [0.25, 0.3) is 23.7 Å². The largest absolute Gasteiger partial charge is 0.501 e. The van der Waals surface area contributed by atoms with Gasteiger partial charge in [0.2, 0.25) is 5.91 Å². The van der Waals surface area contributed by atoms with Gasteiger partial charge in [0.15, 0.2) is 5.43 Å². The number of fused-ring (bicyclic) bond motifs is 1. The molecule has 0 bridgehead atoms. The fourth-order valence-corrected chi connectivity index (χ4v) is 3.19. The van der Waals surface area contributed by atoms with Crippen molar-refractivity contribution in [1.82, 2.24) is 4.98 Å². The summed E-state index contributed by atoms with van der Waals surface area (Å²) in [5, 5.41) is 4.33. The second-order valence-electron chi connectivity index (χ2n) is 7.10. The number of ether oxygens (including phenoxy) is 1. The van der Waals surface area contributed by atoms with Crippen LogP contribution in [0.1, 0.15) is 65.2 Å². The summed E-state index contributed by atoms with van der Waals surface area (Å²) in [6, 6.07) is 5.30. The lowest BCUT2D eigenvalue weighted by Crippen LogP contribution is -2.40. The minimum Gasteiger partial charge on any atom is -0.501 e. The standard InChI is InChI=1S/C23H32N2O3/c1-4-6-7-8-9-10-11-12-22(26)25-18-13-14-21-19(15-18)23(27)20(16-28-5-2)17(3)24-21/h13-16,24H,3-12H2,1-2H3,(H,25,26). The van der Waals surface area contributed by atoms with E-state index in [4.69, 9.17) is 4.74 Å². The van der Waals surface area contributed by atoms with Gasteiger partial charge in [0.25, 0.3) is 0 Å². The summed E-state index contributed by atoms with van der Waals surface area (Å²) in [6.07, 6.45) is 10.2. The lowest BCUT2D eigenvalue weighted by molar-refractivity contribution is -0.116. The number of aromatic nitrogens is 1. The van der Waals surface area contributed by atoms with Crippen LogP contribution in [0, 0.1) is 0 Å². The van der Waals surface area contributed by atoms with Crippen LogP contribution >= 0.6 is 0 Å². The third-order valence-corrected chi connectivity index (χ3v) is 4.78. The second-order valence-corrected chi connectivity index (χ2v) is 7.10. The molecular weight excluding hydrogens is 352 g/mol. The highest BCUT2D eigenvalue weighted by Gasteiger charge is 2.07. The highest BCUT2D eigenvalue weighted by atomic mass is 16.5. The van der Waals surface area contributed by atoms with Gasteiger partial charge in [-0.3, -0.25) is 9.59 Å². The molecule has 0 fully saturated rings. The van der Waals surface area contributed by atoms with E-state index < -0.39 is 0 Å². The van der Waals surface area contributed by atoms with Crippen molar-refractivity contribution in [2.45, 2.75) is 65.2 Å². The average Bonchev–Trinajstić information content (AvgIpc) is 2.68. The van der Waals surface area contributed by atoms with E-state index in [1.807, 2.05) is 6.92 Å². The topological polar surface area (TPSA) is 71.2 Å². The molecule has 0 unspecified atom stereocenters. The summed E-state index contributed by atoms with van der Waals surface area (Å²) in [6.45, 7) is 8.43. The fraction of sp³-hybridized carbons (Fsp3) is 0.478. The number of unbranched alkanes of at least 4 members (excludes halogenated alkanes) is 6. The Kier molecular flexibility index (Phi) is 8.79. The Bertz CT molecular complexity index is 947. The molecule has 0 saturated heterocycles. The molecule has 0 radical (unpaired) electrons. The number of hydrogen-bond donors (Lipinski definition) is 2. The van der Waals surface area contributed by atoms with Crippen molar-refractivity contribution in [1.29, 1.82) is 0 Å². The number of aromatic amines is 1. The van der Waals surface area contributed by atoms with Crippen LogP contribution in [0.2, 0.25) is 0 Å². The molecular formula is C23H32N2O3. The molecule has 2 rings (SSSR count). The number of amides is 1. The summed E-state index contributed by atoms with van der Waals surface area (Å²) >= 11 is 0. The number of carbonyl (C=O) groups is 1. The van der Waals surface area contributed by atoms with E-state index in [-0.39, 0.29) is 11.3 Å². The van der Waals surface area contributed by atoms with Gasteiger partial charge in [0, 0.05) is 28.4 Å². The maximum Gasteiger partial charge on any atom is 0.224 e. The van der Waals surface area contributed by atoms with Crippen molar-refractivity contribution in [2.24, 2.45) is 0 Å². The molecule has 5 nitrogen and oxygen atoms in total. The second kappa shape index (κ2) is 11.3. The first-order valence-corrected chi connectivity index (χ1v) is 10.3. The smallest absolute Gasteiger partial charge is 0.224 e. The lowest BCUT2D eigenvalue weighted by atomic mass is 10.1. The Balaban J connectivity index is 2.01. The number of H-pyrrole nitrogens is 1. The van der Waals surface area contributed by atoms with E-state index >= 15 is 0 Å². The molecule has 1 aromatic carbocycles. The summed E-state index contributed by atoms with van der Waals surface area (Å²) < 4.78 is 5.26. The zero-order valence-corrected chi connectivity index (χ0v) is 17.1. The van der Waals surface area contributed by atoms with Crippen LogP contribution in [0.4, 0.5) is 5.69 Å². The van der Waals surface area contributed by atoms with E-state index in [9.17, 15) is 9.59 Å². The zero-order valence-electron chi connectivity index (χ0n) is 17.1. The van der Waals surface area contributed by atoms with E-state index in [0.29, 0.717) is 40.2 Å². The maximum absolute atomic E-state index is 12.7. The van der Waals surface area contributed by atoms with E-state index in [1.54, 1.807) is 18.2 Å². The van der Waals surface area contributed by atoms with Crippen LogP contribution in [0.5, 0.6) is 0 Å². The monoisotopic (exact) mass is 384 g/mol. The highest BCUT2D eigenvalue weighted by molar-refractivity contribution is 5.93. The predicted octanol–water partition coefficient (Wildman–Crippen LogP) is 3.79. The molecule has 0 spiro atoms.